The Labute approximate surface area is 200 Å². The molecule has 6 rings (SSSR count). The van der Waals surface area contributed by atoms with Crippen molar-refractivity contribution in [2.75, 3.05) is 38.2 Å². The van der Waals surface area contributed by atoms with Crippen LogP contribution < -0.4 is 20.1 Å². The number of carbonyl (C=O) groups excluding carboxylic acids is 3. The van der Waals surface area contributed by atoms with Crippen molar-refractivity contribution in [3.8, 4) is 11.5 Å². The summed E-state index contributed by atoms with van der Waals surface area (Å²) in [6, 6.07) is 5.24. The normalized spacial score (nSPS) is 28.3. The third-order valence-electron chi connectivity index (χ3n) is 8.04. The Balaban J connectivity index is 1.09. The van der Waals surface area contributed by atoms with Crippen LogP contribution in [0.5, 0.6) is 11.5 Å². The summed E-state index contributed by atoms with van der Waals surface area (Å²) in [4.78, 5) is 39.9. The lowest BCUT2D eigenvalue weighted by molar-refractivity contribution is -0.146. The van der Waals surface area contributed by atoms with E-state index in [4.69, 9.17) is 9.47 Å². The molecule has 1 aliphatic heterocycles. The van der Waals surface area contributed by atoms with Gasteiger partial charge in [0.1, 0.15) is 13.2 Å². The first-order valence-corrected chi connectivity index (χ1v) is 12.7. The zero-order valence-corrected chi connectivity index (χ0v) is 19.9. The van der Waals surface area contributed by atoms with Gasteiger partial charge in [0, 0.05) is 36.7 Å². The number of hydrogen-bond acceptors (Lipinski definition) is 5. The number of nitrogens with zero attached hydrogens (tertiary/aromatic N) is 1. The van der Waals surface area contributed by atoms with Crippen LogP contribution >= 0.6 is 0 Å². The predicted octanol–water partition coefficient (Wildman–Crippen LogP) is 2.97. The molecule has 2 N–H and O–H groups in total. The van der Waals surface area contributed by atoms with Crippen molar-refractivity contribution in [2.45, 2.75) is 51.9 Å². The van der Waals surface area contributed by atoms with E-state index in [0.29, 0.717) is 61.2 Å². The topological polar surface area (TPSA) is 97.0 Å². The van der Waals surface area contributed by atoms with Gasteiger partial charge in [0.05, 0.1) is 6.54 Å². The average molecular weight is 470 g/mol. The van der Waals surface area contributed by atoms with Gasteiger partial charge in [0.15, 0.2) is 11.5 Å². The van der Waals surface area contributed by atoms with Crippen LogP contribution in [0.15, 0.2) is 18.2 Å². The molecule has 1 aromatic rings. The van der Waals surface area contributed by atoms with E-state index in [9.17, 15) is 14.4 Å². The Morgan fingerprint density at radius 3 is 2.29 bits per heavy atom. The highest BCUT2D eigenvalue weighted by Gasteiger charge is 2.54. The lowest BCUT2D eigenvalue weighted by Gasteiger charge is -2.55. The summed E-state index contributed by atoms with van der Waals surface area (Å²) in [6.07, 6.45) is 7.13. The summed E-state index contributed by atoms with van der Waals surface area (Å²) in [7, 11) is 0. The lowest BCUT2D eigenvalue weighted by atomic mass is 9.49. The van der Waals surface area contributed by atoms with Gasteiger partial charge >= 0.3 is 0 Å². The summed E-state index contributed by atoms with van der Waals surface area (Å²) < 4.78 is 11.0. The predicted molar refractivity (Wildman–Crippen MR) is 127 cm³/mol. The number of rotatable bonds is 8. The second kappa shape index (κ2) is 9.47. The fourth-order valence-electron chi connectivity index (χ4n) is 6.89. The lowest BCUT2D eigenvalue weighted by Crippen LogP contribution is -2.53. The molecule has 0 saturated heterocycles. The number of amides is 3. The Kier molecular flexibility index (Phi) is 6.40. The molecule has 4 aliphatic carbocycles. The van der Waals surface area contributed by atoms with E-state index in [2.05, 4.69) is 10.6 Å². The van der Waals surface area contributed by atoms with Crippen LogP contribution in [0.4, 0.5) is 5.69 Å². The standard InChI is InChI=1S/C26H35N3O5/c1-2-29(16-23(30)28-20-3-4-21-22(12-20)34-8-7-33-21)24(31)5-6-27-25(32)26-13-17-9-18(14-26)11-19(10-17)15-26/h3-4,12,17-19H,2,5-11,13-16H2,1H3,(H,27,32)(H,28,30). The number of hydrogen-bond donors (Lipinski definition) is 2. The minimum absolute atomic E-state index is 0.0350. The minimum atomic E-state index is -0.274. The molecule has 4 saturated carbocycles. The Bertz CT molecular complexity index is 926. The highest BCUT2D eigenvalue weighted by atomic mass is 16.6. The van der Waals surface area contributed by atoms with Crippen LogP contribution in [-0.2, 0) is 14.4 Å². The molecule has 8 nitrogen and oxygen atoms in total. The van der Waals surface area contributed by atoms with Crippen molar-refractivity contribution in [2.24, 2.45) is 23.2 Å². The summed E-state index contributed by atoms with van der Waals surface area (Å²) in [5.41, 5.74) is 0.395. The third kappa shape index (κ3) is 4.72. The Morgan fingerprint density at radius 2 is 1.65 bits per heavy atom. The highest BCUT2D eigenvalue weighted by Crippen LogP contribution is 2.60. The van der Waals surface area contributed by atoms with Crippen molar-refractivity contribution in [3.05, 3.63) is 18.2 Å². The van der Waals surface area contributed by atoms with E-state index in [-0.39, 0.29) is 36.1 Å². The van der Waals surface area contributed by atoms with Crippen LogP contribution in [0.2, 0.25) is 0 Å². The first kappa shape index (κ1) is 23.0. The largest absolute Gasteiger partial charge is 0.486 e. The number of likely N-dealkylation sites (N-methyl/N-ethyl adjacent to an activating group) is 1. The molecule has 34 heavy (non-hydrogen) atoms. The summed E-state index contributed by atoms with van der Waals surface area (Å²) in [5, 5.41) is 5.88. The number of nitrogens with one attached hydrogen (secondary N) is 2. The van der Waals surface area contributed by atoms with Crippen LogP contribution in [-0.4, -0.2) is 55.5 Å². The molecule has 0 spiro atoms. The SMILES string of the molecule is CCN(CC(=O)Nc1ccc2c(c1)OCCO2)C(=O)CCNC(=O)C12CC3CC(CC(C3)C1)C2. The van der Waals surface area contributed by atoms with E-state index in [1.165, 1.54) is 24.2 Å². The maximum atomic E-state index is 13.1. The zero-order valence-electron chi connectivity index (χ0n) is 19.9. The van der Waals surface area contributed by atoms with Crippen molar-refractivity contribution >= 4 is 23.4 Å². The van der Waals surface area contributed by atoms with Gasteiger partial charge in [-0.15, -0.1) is 0 Å². The monoisotopic (exact) mass is 469 g/mol. The van der Waals surface area contributed by atoms with Gasteiger partial charge in [0.2, 0.25) is 17.7 Å². The number of benzene rings is 1. The van der Waals surface area contributed by atoms with Gasteiger partial charge in [-0.1, -0.05) is 0 Å². The quantitative estimate of drug-likeness (QED) is 0.610. The van der Waals surface area contributed by atoms with Gasteiger partial charge in [-0.3, -0.25) is 14.4 Å². The molecule has 4 fully saturated rings. The molecule has 8 heteroatoms. The van der Waals surface area contributed by atoms with Gasteiger partial charge in [0.25, 0.3) is 0 Å². The fraction of sp³-hybridized carbons (Fsp3) is 0.654. The molecular weight excluding hydrogens is 434 g/mol. The first-order chi connectivity index (χ1) is 16.4. The van der Waals surface area contributed by atoms with Crippen molar-refractivity contribution < 1.29 is 23.9 Å². The molecular formula is C26H35N3O5. The van der Waals surface area contributed by atoms with Gasteiger partial charge < -0.3 is 25.0 Å². The Hall–Kier alpha value is -2.77. The molecule has 4 bridgehead atoms. The minimum Gasteiger partial charge on any atom is -0.486 e. The van der Waals surface area contributed by atoms with Crippen molar-refractivity contribution in [1.29, 1.82) is 0 Å². The molecule has 1 heterocycles. The summed E-state index contributed by atoms with van der Waals surface area (Å²) in [5.74, 6) is 3.12. The van der Waals surface area contributed by atoms with Crippen LogP contribution in [0, 0.1) is 23.2 Å². The van der Waals surface area contributed by atoms with E-state index in [0.717, 1.165) is 19.3 Å². The highest BCUT2D eigenvalue weighted by molar-refractivity contribution is 5.95. The van der Waals surface area contributed by atoms with Gasteiger partial charge in [-0.05, 0) is 75.3 Å². The summed E-state index contributed by atoms with van der Waals surface area (Å²) in [6.45, 7) is 3.54. The van der Waals surface area contributed by atoms with Gasteiger partial charge in [-0.2, -0.15) is 0 Å². The number of anilines is 1. The van der Waals surface area contributed by atoms with E-state index < -0.39 is 0 Å². The number of fused-ring (bicyclic) bond motifs is 1. The maximum absolute atomic E-state index is 13.1. The fourth-order valence-corrected chi connectivity index (χ4v) is 6.89. The average Bonchev–Trinajstić information content (AvgIpc) is 2.81. The van der Waals surface area contributed by atoms with E-state index in [1.54, 1.807) is 18.2 Å². The maximum Gasteiger partial charge on any atom is 0.243 e. The van der Waals surface area contributed by atoms with Crippen LogP contribution in [0.1, 0.15) is 51.9 Å². The van der Waals surface area contributed by atoms with Crippen molar-refractivity contribution in [1.82, 2.24) is 10.2 Å². The molecule has 0 unspecified atom stereocenters. The van der Waals surface area contributed by atoms with Crippen LogP contribution in [0.25, 0.3) is 0 Å². The second-order valence-corrected chi connectivity index (χ2v) is 10.5. The molecule has 3 amide bonds. The van der Waals surface area contributed by atoms with E-state index in [1.807, 2.05) is 6.92 Å². The molecule has 1 aromatic carbocycles. The molecule has 0 radical (unpaired) electrons. The molecule has 0 aromatic heterocycles. The molecule has 5 aliphatic rings. The molecule has 0 atom stereocenters. The number of carbonyl (C=O) groups is 3. The van der Waals surface area contributed by atoms with Gasteiger partial charge in [-0.25, -0.2) is 0 Å². The summed E-state index contributed by atoms with van der Waals surface area (Å²) >= 11 is 0. The van der Waals surface area contributed by atoms with Crippen LogP contribution in [0.3, 0.4) is 0 Å². The zero-order chi connectivity index (χ0) is 23.7. The third-order valence-corrected chi connectivity index (χ3v) is 8.04. The smallest absolute Gasteiger partial charge is 0.243 e. The van der Waals surface area contributed by atoms with Crippen molar-refractivity contribution in [3.63, 3.8) is 0 Å². The molecule has 184 valence electrons. The second-order valence-electron chi connectivity index (χ2n) is 10.5. The Morgan fingerprint density at radius 1 is 1.00 bits per heavy atom. The van der Waals surface area contributed by atoms with E-state index >= 15 is 0 Å². The number of ether oxygens (including phenoxy) is 2. The first-order valence-electron chi connectivity index (χ1n) is 12.7.